The van der Waals surface area contributed by atoms with E-state index in [-0.39, 0.29) is 11.5 Å². The summed E-state index contributed by atoms with van der Waals surface area (Å²) in [5, 5.41) is 0. The number of aryl methyl sites for hydroxylation is 2. The van der Waals surface area contributed by atoms with E-state index in [9.17, 15) is 9.59 Å². The normalized spacial score (nSPS) is 10.4. The largest absolute Gasteiger partial charge is 0.341 e. The standard InChI is InChI=1S/C13H21N3O2/c1-5-6-7-12-14-9(2)11(13(18)15-12)8-16(4)10(3)17/h5-8H2,1-4H3,(H,14,15,18). The van der Waals surface area contributed by atoms with Gasteiger partial charge in [-0.15, -0.1) is 0 Å². The van der Waals surface area contributed by atoms with Crippen LogP contribution in [0, 0.1) is 6.92 Å². The Balaban J connectivity index is 2.94. The van der Waals surface area contributed by atoms with Gasteiger partial charge in [0.15, 0.2) is 0 Å². The lowest BCUT2D eigenvalue weighted by Crippen LogP contribution is -2.29. The van der Waals surface area contributed by atoms with Gasteiger partial charge >= 0.3 is 0 Å². The summed E-state index contributed by atoms with van der Waals surface area (Å²) in [5.74, 6) is 0.664. The van der Waals surface area contributed by atoms with Crippen LogP contribution in [0.3, 0.4) is 0 Å². The summed E-state index contributed by atoms with van der Waals surface area (Å²) in [6.07, 6.45) is 2.86. The monoisotopic (exact) mass is 251 g/mol. The molecule has 0 atom stereocenters. The van der Waals surface area contributed by atoms with Crippen LogP contribution in [0.15, 0.2) is 4.79 Å². The second-order valence-electron chi connectivity index (χ2n) is 4.56. The van der Waals surface area contributed by atoms with Crippen molar-refractivity contribution in [3.63, 3.8) is 0 Å². The molecule has 0 radical (unpaired) electrons. The van der Waals surface area contributed by atoms with E-state index in [1.165, 1.54) is 11.8 Å². The Labute approximate surface area is 107 Å². The van der Waals surface area contributed by atoms with E-state index in [0.29, 0.717) is 17.8 Å². The second-order valence-corrected chi connectivity index (χ2v) is 4.56. The van der Waals surface area contributed by atoms with Crippen LogP contribution in [0.1, 0.15) is 43.8 Å². The minimum Gasteiger partial charge on any atom is -0.341 e. The SMILES string of the molecule is CCCCc1nc(C)c(CN(C)C(C)=O)c(=O)[nH]1. The summed E-state index contributed by atoms with van der Waals surface area (Å²) in [6.45, 7) is 5.69. The van der Waals surface area contributed by atoms with E-state index in [0.717, 1.165) is 25.1 Å². The molecule has 1 aromatic rings. The van der Waals surface area contributed by atoms with Crippen molar-refractivity contribution >= 4 is 5.91 Å². The summed E-state index contributed by atoms with van der Waals surface area (Å²) < 4.78 is 0. The Bertz CT molecular complexity index is 480. The highest BCUT2D eigenvalue weighted by molar-refractivity contribution is 5.72. The van der Waals surface area contributed by atoms with Gasteiger partial charge < -0.3 is 9.88 Å². The van der Waals surface area contributed by atoms with Crippen molar-refractivity contribution in [3.05, 3.63) is 27.4 Å². The molecule has 100 valence electrons. The number of carbonyl (C=O) groups excluding carboxylic acids is 1. The van der Waals surface area contributed by atoms with Crippen LogP contribution in [-0.4, -0.2) is 27.8 Å². The van der Waals surface area contributed by atoms with Crippen molar-refractivity contribution < 1.29 is 4.79 Å². The van der Waals surface area contributed by atoms with E-state index >= 15 is 0 Å². The summed E-state index contributed by atoms with van der Waals surface area (Å²) in [6, 6.07) is 0. The molecule has 0 aromatic carbocycles. The number of H-pyrrole nitrogens is 1. The lowest BCUT2D eigenvalue weighted by atomic mass is 10.2. The van der Waals surface area contributed by atoms with Gasteiger partial charge in [0, 0.05) is 26.1 Å². The Kier molecular flexibility index (Phi) is 5.07. The number of nitrogens with zero attached hydrogens (tertiary/aromatic N) is 2. The van der Waals surface area contributed by atoms with Crippen molar-refractivity contribution in [3.8, 4) is 0 Å². The van der Waals surface area contributed by atoms with Crippen LogP contribution in [0.2, 0.25) is 0 Å². The summed E-state index contributed by atoms with van der Waals surface area (Å²) >= 11 is 0. The molecular formula is C13H21N3O2. The van der Waals surface area contributed by atoms with Crippen LogP contribution < -0.4 is 5.56 Å². The first kappa shape index (κ1) is 14.4. The number of hydrogen-bond donors (Lipinski definition) is 1. The molecule has 5 heteroatoms. The van der Waals surface area contributed by atoms with Gasteiger partial charge in [0.2, 0.25) is 5.91 Å². The molecular weight excluding hydrogens is 230 g/mol. The molecule has 5 nitrogen and oxygen atoms in total. The van der Waals surface area contributed by atoms with E-state index in [1.54, 1.807) is 7.05 Å². The van der Waals surface area contributed by atoms with Crippen LogP contribution in [0.25, 0.3) is 0 Å². The Morgan fingerprint density at radius 2 is 2.11 bits per heavy atom. The Hall–Kier alpha value is -1.65. The third kappa shape index (κ3) is 3.68. The van der Waals surface area contributed by atoms with Gasteiger partial charge in [-0.1, -0.05) is 13.3 Å². The maximum atomic E-state index is 11.9. The third-order valence-corrected chi connectivity index (χ3v) is 2.97. The van der Waals surface area contributed by atoms with Crippen LogP contribution in [0.5, 0.6) is 0 Å². The van der Waals surface area contributed by atoms with Crippen molar-refractivity contribution in [2.45, 2.75) is 46.6 Å². The second kappa shape index (κ2) is 6.33. The lowest BCUT2D eigenvalue weighted by Gasteiger charge is -2.15. The van der Waals surface area contributed by atoms with Crippen LogP contribution in [-0.2, 0) is 17.8 Å². The van der Waals surface area contributed by atoms with Gasteiger partial charge in [-0.3, -0.25) is 9.59 Å². The number of hydrogen-bond acceptors (Lipinski definition) is 3. The molecule has 1 rings (SSSR count). The average Bonchev–Trinajstić information content (AvgIpc) is 2.30. The molecule has 1 heterocycles. The van der Waals surface area contributed by atoms with Gasteiger partial charge in [-0.25, -0.2) is 4.98 Å². The smallest absolute Gasteiger partial charge is 0.256 e. The van der Waals surface area contributed by atoms with Gasteiger partial charge in [0.05, 0.1) is 12.1 Å². The van der Waals surface area contributed by atoms with E-state index in [1.807, 2.05) is 6.92 Å². The molecule has 1 N–H and O–H groups in total. The van der Waals surface area contributed by atoms with Gasteiger partial charge in [0.25, 0.3) is 5.56 Å². The molecule has 0 spiro atoms. The molecule has 0 bridgehead atoms. The predicted molar refractivity (Wildman–Crippen MR) is 70.4 cm³/mol. The molecule has 0 aliphatic heterocycles. The molecule has 1 aromatic heterocycles. The Morgan fingerprint density at radius 1 is 1.44 bits per heavy atom. The zero-order chi connectivity index (χ0) is 13.7. The highest BCUT2D eigenvalue weighted by atomic mass is 16.2. The maximum Gasteiger partial charge on any atom is 0.256 e. The van der Waals surface area contributed by atoms with Crippen molar-refractivity contribution in [1.29, 1.82) is 0 Å². The Morgan fingerprint density at radius 3 is 2.61 bits per heavy atom. The van der Waals surface area contributed by atoms with Crippen molar-refractivity contribution in [2.24, 2.45) is 0 Å². The first-order valence-electron chi connectivity index (χ1n) is 6.26. The number of aromatic amines is 1. The summed E-state index contributed by atoms with van der Waals surface area (Å²) in [5.41, 5.74) is 1.13. The number of amides is 1. The molecule has 0 saturated carbocycles. The van der Waals surface area contributed by atoms with Crippen LogP contribution in [0.4, 0.5) is 0 Å². The number of rotatable bonds is 5. The fourth-order valence-corrected chi connectivity index (χ4v) is 1.67. The van der Waals surface area contributed by atoms with Crippen LogP contribution >= 0.6 is 0 Å². The molecule has 0 unspecified atom stereocenters. The average molecular weight is 251 g/mol. The minimum absolute atomic E-state index is 0.0659. The molecule has 0 aliphatic rings. The molecule has 1 amide bonds. The minimum atomic E-state index is -0.137. The highest BCUT2D eigenvalue weighted by Gasteiger charge is 2.11. The molecule has 18 heavy (non-hydrogen) atoms. The molecule has 0 aliphatic carbocycles. The quantitative estimate of drug-likeness (QED) is 0.860. The zero-order valence-corrected chi connectivity index (χ0v) is 11.5. The molecule has 0 saturated heterocycles. The summed E-state index contributed by atoms with van der Waals surface area (Å²) in [7, 11) is 1.67. The van der Waals surface area contributed by atoms with Gasteiger partial charge in [0.1, 0.15) is 5.82 Å². The first-order chi connectivity index (χ1) is 8.45. The molecule has 0 fully saturated rings. The van der Waals surface area contributed by atoms with Gasteiger partial charge in [-0.05, 0) is 13.3 Å². The lowest BCUT2D eigenvalue weighted by molar-refractivity contribution is -0.128. The third-order valence-electron chi connectivity index (χ3n) is 2.97. The van der Waals surface area contributed by atoms with E-state index in [2.05, 4.69) is 16.9 Å². The number of aromatic nitrogens is 2. The number of carbonyl (C=O) groups is 1. The predicted octanol–water partition coefficient (Wildman–Crippen LogP) is 1.40. The highest BCUT2D eigenvalue weighted by Crippen LogP contribution is 2.05. The van der Waals surface area contributed by atoms with Crippen molar-refractivity contribution in [1.82, 2.24) is 14.9 Å². The first-order valence-corrected chi connectivity index (χ1v) is 6.26. The summed E-state index contributed by atoms with van der Waals surface area (Å²) in [4.78, 5) is 31.8. The fraction of sp³-hybridized carbons (Fsp3) is 0.615. The number of unbranched alkanes of at least 4 members (excludes halogenated alkanes) is 1. The van der Waals surface area contributed by atoms with Gasteiger partial charge in [-0.2, -0.15) is 0 Å². The fourth-order valence-electron chi connectivity index (χ4n) is 1.67. The maximum absolute atomic E-state index is 11.9. The van der Waals surface area contributed by atoms with E-state index in [4.69, 9.17) is 0 Å². The van der Waals surface area contributed by atoms with Crippen molar-refractivity contribution in [2.75, 3.05) is 7.05 Å². The topological polar surface area (TPSA) is 66.1 Å². The number of nitrogens with one attached hydrogen (secondary N) is 1. The zero-order valence-electron chi connectivity index (χ0n) is 11.5. The van der Waals surface area contributed by atoms with E-state index < -0.39 is 0 Å².